The van der Waals surface area contributed by atoms with E-state index in [1.54, 1.807) is 0 Å². The summed E-state index contributed by atoms with van der Waals surface area (Å²) < 4.78 is 4.99. The van der Waals surface area contributed by atoms with Crippen molar-refractivity contribution in [3.8, 4) is 0 Å². The lowest BCUT2D eigenvalue weighted by Gasteiger charge is -2.35. The Balaban J connectivity index is 1.79. The van der Waals surface area contributed by atoms with Crippen LogP contribution in [-0.2, 0) is 20.9 Å². The van der Waals surface area contributed by atoms with Gasteiger partial charge >= 0.3 is 6.09 Å². The van der Waals surface area contributed by atoms with Crippen molar-refractivity contribution in [3.05, 3.63) is 35.9 Å². The molecule has 0 aromatic heterocycles. The van der Waals surface area contributed by atoms with Crippen LogP contribution in [-0.4, -0.2) is 30.0 Å². The maximum atomic E-state index is 11.6. The molecule has 106 valence electrons. The van der Waals surface area contributed by atoms with Crippen LogP contribution in [0.25, 0.3) is 0 Å². The van der Waals surface area contributed by atoms with E-state index in [0.29, 0.717) is 0 Å². The molecule has 7 nitrogen and oxygen atoms in total. The van der Waals surface area contributed by atoms with Crippen LogP contribution in [0, 0.1) is 0 Å². The number of ether oxygens (including phenoxy) is 1. The van der Waals surface area contributed by atoms with Gasteiger partial charge in [0.25, 0.3) is 0 Å². The predicted molar refractivity (Wildman–Crippen MR) is 69.3 cm³/mol. The van der Waals surface area contributed by atoms with Gasteiger partial charge in [-0.15, -0.1) is 0 Å². The average Bonchev–Trinajstić information content (AvgIpc) is 2.43. The highest BCUT2D eigenvalue weighted by Gasteiger charge is 2.41. The van der Waals surface area contributed by atoms with Crippen LogP contribution in [0.15, 0.2) is 30.3 Å². The number of hydrogen-bond donors (Lipinski definition) is 3. The van der Waals surface area contributed by atoms with Crippen molar-refractivity contribution in [1.29, 1.82) is 0 Å². The highest BCUT2D eigenvalue weighted by molar-refractivity contribution is 5.93. The first-order chi connectivity index (χ1) is 9.56. The predicted octanol–water partition coefficient (Wildman–Crippen LogP) is -0.345. The summed E-state index contributed by atoms with van der Waals surface area (Å²) >= 11 is 0. The lowest BCUT2D eigenvalue weighted by Crippen LogP contribution is -2.69. The molecular formula is C13H15N3O4. The molecule has 1 saturated heterocycles. The van der Waals surface area contributed by atoms with Gasteiger partial charge in [0.05, 0.1) is 6.04 Å². The minimum atomic E-state index is -0.772. The van der Waals surface area contributed by atoms with Crippen LogP contribution < -0.4 is 16.4 Å². The van der Waals surface area contributed by atoms with E-state index in [-0.39, 0.29) is 18.9 Å². The molecule has 2 unspecified atom stereocenters. The Bertz CT molecular complexity index is 518. The van der Waals surface area contributed by atoms with Crippen LogP contribution in [0.3, 0.4) is 0 Å². The van der Waals surface area contributed by atoms with Crippen molar-refractivity contribution >= 4 is 17.9 Å². The number of alkyl carbamates (subject to hydrolysis) is 1. The van der Waals surface area contributed by atoms with Gasteiger partial charge in [-0.1, -0.05) is 30.3 Å². The molecule has 0 spiro atoms. The Hall–Kier alpha value is -2.57. The third kappa shape index (κ3) is 3.47. The van der Waals surface area contributed by atoms with Gasteiger partial charge in [0.2, 0.25) is 11.8 Å². The summed E-state index contributed by atoms with van der Waals surface area (Å²) in [4.78, 5) is 33.6. The van der Waals surface area contributed by atoms with E-state index in [1.807, 2.05) is 30.3 Å². The third-order valence-electron chi connectivity index (χ3n) is 2.92. The molecule has 1 heterocycles. The first kappa shape index (κ1) is 13.9. The maximum absolute atomic E-state index is 11.6. The van der Waals surface area contributed by atoms with E-state index < -0.39 is 24.1 Å². The van der Waals surface area contributed by atoms with Gasteiger partial charge in [0, 0.05) is 6.42 Å². The zero-order valence-corrected chi connectivity index (χ0v) is 10.7. The number of nitrogens with one attached hydrogen (secondary N) is 2. The molecular weight excluding hydrogens is 262 g/mol. The van der Waals surface area contributed by atoms with Crippen molar-refractivity contribution in [2.75, 3.05) is 0 Å². The Kier molecular flexibility index (Phi) is 4.19. The summed E-state index contributed by atoms with van der Waals surface area (Å²) in [6, 6.07) is 7.92. The number of benzene rings is 1. The van der Waals surface area contributed by atoms with E-state index in [9.17, 15) is 14.4 Å². The minimum absolute atomic E-state index is 0.0185. The van der Waals surface area contributed by atoms with Crippen LogP contribution in [0.1, 0.15) is 12.0 Å². The van der Waals surface area contributed by atoms with Gasteiger partial charge in [0.15, 0.2) is 0 Å². The fourth-order valence-electron chi connectivity index (χ4n) is 1.89. The zero-order valence-electron chi connectivity index (χ0n) is 10.7. The third-order valence-corrected chi connectivity index (χ3v) is 2.92. The fourth-order valence-corrected chi connectivity index (χ4v) is 1.89. The molecule has 2 atom stereocenters. The molecule has 4 N–H and O–H groups in total. The second-order valence-electron chi connectivity index (χ2n) is 4.47. The number of primary amides is 1. The second-order valence-corrected chi connectivity index (χ2v) is 4.47. The molecule has 7 heteroatoms. The molecule has 3 amide bonds. The number of hydrogen-bond acceptors (Lipinski definition) is 4. The monoisotopic (exact) mass is 277 g/mol. The smallest absolute Gasteiger partial charge is 0.408 e. The molecule has 1 aliphatic heterocycles. The molecule has 20 heavy (non-hydrogen) atoms. The number of amides is 3. The summed E-state index contributed by atoms with van der Waals surface area (Å²) in [6.45, 7) is 0.113. The Morgan fingerprint density at radius 3 is 2.60 bits per heavy atom. The molecule has 1 aliphatic rings. The summed E-state index contributed by atoms with van der Waals surface area (Å²) in [5, 5.41) is 4.90. The van der Waals surface area contributed by atoms with Gasteiger partial charge in [-0.25, -0.2) is 4.79 Å². The molecule has 2 rings (SSSR count). The fraction of sp³-hybridized carbons (Fsp3) is 0.308. The van der Waals surface area contributed by atoms with Crippen molar-refractivity contribution in [1.82, 2.24) is 10.6 Å². The zero-order chi connectivity index (χ0) is 14.5. The molecule has 0 saturated carbocycles. The number of β-lactam (4-membered cyclic amide) rings is 1. The quantitative estimate of drug-likeness (QED) is 0.639. The van der Waals surface area contributed by atoms with Crippen molar-refractivity contribution in [3.63, 3.8) is 0 Å². The van der Waals surface area contributed by atoms with E-state index in [2.05, 4.69) is 10.6 Å². The number of nitrogens with two attached hydrogens (primary N) is 1. The Labute approximate surface area is 115 Å². The van der Waals surface area contributed by atoms with E-state index in [4.69, 9.17) is 10.5 Å². The summed E-state index contributed by atoms with van der Waals surface area (Å²) in [7, 11) is 0. The van der Waals surface area contributed by atoms with Crippen LogP contribution in [0.2, 0.25) is 0 Å². The lowest BCUT2D eigenvalue weighted by atomic mass is 9.96. The van der Waals surface area contributed by atoms with Gasteiger partial charge < -0.3 is 21.1 Å². The normalized spacial score (nSPS) is 20.5. The largest absolute Gasteiger partial charge is 0.445 e. The number of rotatable bonds is 5. The molecule has 0 bridgehead atoms. The Morgan fingerprint density at radius 1 is 1.30 bits per heavy atom. The van der Waals surface area contributed by atoms with Gasteiger partial charge in [0.1, 0.15) is 12.6 Å². The minimum Gasteiger partial charge on any atom is -0.445 e. The Morgan fingerprint density at radius 2 is 2.00 bits per heavy atom. The molecule has 1 aromatic carbocycles. The lowest BCUT2D eigenvalue weighted by molar-refractivity contribution is -0.133. The van der Waals surface area contributed by atoms with Crippen molar-refractivity contribution in [2.45, 2.75) is 25.1 Å². The molecule has 0 radical (unpaired) electrons. The molecule has 0 aliphatic carbocycles. The van der Waals surface area contributed by atoms with Gasteiger partial charge in [-0.05, 0) is 5.56 Å². The number of carbonyl (C=O) groups excluding carboxylic acids is 3. The van der Waals surface area contributed by atoms with Gasteiger partial charge in [-0.2, -0.15) is 0 Å². The van der Waals surface area contributed by atoms with Gasteiger partial charge in [-0.3, -0.25) is 9.59 Å². The summed E-state index contributed by atoms with van der Waals surface area (Å²) in [5.41, 5.74) is 5.88. The molecule has 1 aromatic rings. The van der Waals surface area contributed by atoms with E-state index >= 15 is 0 Å². The van der Waals surface area contributed by atoms with Crippen LogP contribution in [0.5, 0.6) is 0 Å². The maximum Gasteiger partial charge on any atom is 0.408 e. The van der Waals surface area contributed by atoms with Crippen LogP contribution >= 0.6 is 0 Å². The highest BCUT2D eigenvalue weighted by atomic mass is 16.5. The topological polar surface area (TPSA) is 111 Å². The van der Waals surface area contributed by atoms with Crippen molar-refractivity contribution < 1.29 is 19.1 Å². The number of carbonyl (C=O) groups is 3. The van der Waals surface area contributed by atoms with Crippen molar-refractivity contribution in [2.24, 2.45) is 5.73 Å². The van der Waals surface area contributed by atoms with E-state index in [0.717, 1.165) is 5.56 Å². The first-order valence-corrected chi connectivity index (χ1v) is 6.12. The van der Waals surface area contributed by atoms with Crippen LogP contribution in [0.4, 0.5) is 4.79 Å². The summed E-state index contributed by atoms with van der Waals surface area (Å²) in [5.74, 6) is -0.896. The van der Waals surface area contributed by atoms with E-state index in [1.165, 1.54) is 0 Å². The second kappa shape index (κ2) is 6.05. The first-order valence-electron chi connectivity index (χ1n) is 6.12. The molecule has 1 fully saturated rings. The highest BCUT2D eigenvalue weighted by Crippen LogP contribution is 2.10. The SMILES string of the molecule is NC(=O)CC1NC(=O)C1NC(=O)OCc1ccccc1. The average molecular weight is 277 g/mol. The standard InChI is InChI=1S/C13H15N3O4/c14-10(17)6-9-11(12(18)15-9)16-13(19)20-7-8-4-2-1-3-5-8/h1-5,9,11H,6-7H2,(H2,14,17)(H,15,18)(H,16,19). The summed E-state index contributed by atoms with van der Waals surface area (Å²) in [6.07, 6.45) is -0.724.